The molecular weight excluding hydrogens is 306 g/mol. The minimum atomic E-state index is -0.165. The van der Waals surface area contributed by atoms with Gasteiger partial charge in [-0.15, -0.1) is 0 Å². The summed E-state index contributed by atoms with van der Waals surface area (Å²) in [7, 11) is 1.92. The van der Waals surface area contributed by atoms with Crippen LogP contribution in [0.2, 0.25) is 0 Å². The van der Waals surface area contributed by atoms with Crippen LogP contribution in [0.3, 0.4) is 0 Å². The molecule has 0 aliphatic heterocycles. The number of ether oxygens (including phenoxy) is 1. The number of rotatable bonds is 5. The molecule has 3 rings (SSSR count). The fourth-order valence-electron chi connectivity index (χ4n) is 2.59. The van der Waals surface area contributed by atoms with Crippen LogP contribution in [0.4, 0.5) is 4.39 Å². The molecular formula is C20H18FOP. The van der Waals surface area contributed by atoms with Crippen LogP contribution in [0.5, 0.6) is 5.75 Å². The number of benzene rings is 3. The van der Waals surface area contributed by atoms with Crippen LogP contribution in [0.1, 0.15) is 11.1 Å². The molecule has 3 aromatic carbocycles. The van der Waals surface area contributed by atoms with Gasteiger partial charge in [0.25, 0.3) is 0 Å². The quantitative estimate of drug-likeness (QED) is 0.643. The van der Waals surface area contributed by atoms with Crippen LogP contribution in [0.25, 0.3) is 0 Å². The van der Waals surface area contributed by atoms with Crippen molar-refractivity contribution in [1.29, 1.82) is 0 Å². The number of halogens is 1. The standard InChI is InChI=1S/C20H18FOP/c1-22-20-16(14-15-8-3-2-4-9-15)10-7-13-19(20)23-18-12-6-5-11-17(18)21/h2-13,23H,14H2,1H3. The predicted molar refractivity (Wildman–Crippen MR) is 96.2 cm³/mol. The molecule has 1 atom stereocenters. The molecule has 3 heteroatoms. The van der Waals surface area contributed by atoms with E-state index in [0.717, 1.165) is 23.0 Å². The Labute approximate surface area is 137 Å². The van der Waals surface area contributed by atoms with Crippen molar-refractivity contribution in [3.63, 3.8) is 0 Å². The van der Waals surface area contributed by atoms with Gasteiger partial charge in [0.1, 0.15) is 11.6 Å². The molecule has 23 heavy (non-hydrogen) atoms. The summed E-state index contributed by atoms with van der Waals surface area (Å²) in [6.07, 6.45) is 0.805. The van der Waals surface area contributed by atoms with Gasteiger partial charge in [0, 0.05) is 17.0 Å². The minimum absolute atomic E-state index is 0.165. The Morgan fingerprint density at radius 1 is 0.826 bits per heavy atom. The first-order valence-corrected chi connectivity index (χ1v) is 8.49. The first kappa shape index (κ1) is 15.7. The lowest BCUT2D eigenvalue weighted by Gasteiger charge is -2.14. The fourth-order valence-corrected chi connectivity index (χ4v) is 3.82. The highest BCUT2D eigenvalue weighted by molar-refractivity contribution is 7.55. The number of para-hydroxylation sites is 1. The van der Waals surface area contributed by atoms with Crippen LogP contribution >= 0.6 is 8.58 Å². The highest BCUT2D eigenvalue weighted by Crippen LogP contribution is 2.26. The lowest BCUT2D eigenvalue weighted by molar-refractivity contribution is 0.414. The molecule has 1 nitrogen and oxygen atoms in total. The van der Waals surface area contributed by atoms with Crippen LogP contribution in [-0.2, 0) is 6.42 Å². The Balaban J connectivity index is 1.92. The summed E-state index contributed by atoms with van der Waals surface area (Å²) in [6.45, 7) is 0. The number of methoxy groups -OCH3 is 1. The van der Waals surface area contributed by atoms with E-state index in [0.29, 0.717) is 5.30 Å². The van der Waals surface area contributed by atoms with E-state index >= 15 is 0 Å². The molecule has 0 amide bonds. The molecule has 0 aromatic heterocycles. The first-order chi connectivity index (χ1) is 11.3. The molecule has 0 aliphatic rings. The maximum atomic E-state index is 13.9. The Bertz CT molecular complexity index is 787. The van der Waals surface area contributed by atoms with Crippen molar-refractivity contribution in [2.75, 3.05) is 7.11 Å². The summed E-state index contributed by atoms with van der Waals surface area (Å²) in [6, 6.07) is 23.3. The molecule has 0 spiro atoms. The molecule has 0 heterocycles. The van der Waals surface area contributed by atoms with Crippen molar-refractivity contribution >= 4 is 19.2 Å². The van der Waals surface area contributed by atoms with Crippen LogP contribution in [-0.4, -0.2) is 7.11 Å². The molecule has 3 aromatic rings. The van der Waals surface area contributed by atoms with Gasteiger partial charge in [-0.05, 0) is 17.2 Å². The summed E-state index contributed by atoms with van der Waals surface area (Å²) in [5, 5.41) is 1.74. The van der Waals surface area contributed by atoms with E-state index in [9.17, 15) is 4.39 Å². The molecule has 0 N–H and O–H groups in total. The van der Waals surface area contributed by atoms with Crippen LogP contribution in [0, 0.1) is 5.82 Å². The van der Waals surface area contributed by atoms with Crippen molar-refractivity contribution < 1.29 is 9.13 Å². The summed E-state index contributed by atoms with van der Waals surface area (Å²) < 4.78 is 19.6. The van der Waals surface area contributed by atoms with Gasteiger partial charge in [-0.2, -0.15) is 0 Å². The van der Waals surface area contributed by atoms with Gasteiger partial charge in [-0.25, -0.2) is 4.39 Å². The fraction of sp³-hybridized carbons (Fsp3) is 0.100. The smallest absolute Gasteiger partial charge is 0.130 e. The topological polar surface area (TPSA) is 9.23 Å². The Morgan fingerprint density at radius 3 is 2.26 bits per heavy atom. The van der Waals surface area contributed by atoms with Gasteiger partial charge in [0.2, 0.25) is 0 Å². The van der Waals surface area contributed by atoms with Crippen LogP contribution < -0.4 is 15.3 Å². The van der Waals surface area contributed by atoms with Gasteiger partial charge < -0.3 is 4.74 Å². The zero-order valence-electron chi connectivity index (χ0n) is 12.9. The average molecular weight is 324 g/mol. The van der Waals surface area contributed by atoms with E-state index in [4.69, 9.17) is 4.74 Å². The molecule has 0 saturated carbocycles. The molecule has 0 radical (unpaired) electrons. The summed E-state index contributed by atoms with van der Waals surface area (Å²) in [5.41, 5.74) is 2.36. The van der Waals surface area contributed by atoms with E-state index in [-0.39, 0.29) is 14.4 Å². The number of hydrogen-bond donors (Lipinski definition) is 0. The third kappa shape index (κ3) is 3.78. The van der Waals surface area contributed by atoms with E-state index in [2.05, 4.69) is 18.2 Å². The second kappa shape index (κ2) is 7.39. The molecule has 0 aliphatic carbocycles. The number of hydrogen-bond acceptors (Lipinski definition) is 1. The van der Waals surface area contributed by atoms with Gasteiger partial charge in [0.05, 0.1) is 7.11 Å². The Hall–Kier alpha value is -2.18. The SMILES string of the molecule is COc1c(Cc2ccccc2)cccc1Pc1ccccc1F. The minimum Gasteiger partial charge on any atom is -0.496 e. The molecule has 1 unspecified atom stereocenters. The third-order valence-electron chi connectivity index (χ3n) is 3.68. The highest BCUT2D eigenvalue weighted by atomic mass is 31.1. The first-order valence-electron chi connectivity index (χ1n) is 7.49. The van der Waals surface area contributed by atoms with E-state index < -0.39 is 0 Å². The van der Waals surface area contributed by atoms with Crippen LogP contribution in [0.15, 0.2) is 72.8 Å². The second-order valence-corrected chi connectivity index (χ2v) is 6.59. The van der Waals surface area contributed by atoms with Crippen molar-refractivity contribution in [2.24, 2.45) is 0 Å². The Morgan fingerprint density at radius 2 is 1.52 bits per heavy atom. The zero-order chi connectivity index (χ0) is 16.1. The van der Waals surface area contributed by atoms with Crippen molar-refractivity contribution in [1.82, 2.24) is 0 Å². The van der Waals surface area contributed by atoms with Crippen molar-refractivity contribution in [2.45, 2.75) is 6.42 Å². The second-order valence-electron chi connectivity index (χ2n) is 5.27. The molecule has 0 bridgehead atoms. The van der Waals surface area contributed by atoms with Crippen molar-refractivity contribution in [3.05, 3.63) is 89.7 Å². The molecule has 0 saturated heterocycles. The lowest BCUT2D eigenvalue weighted by Crippen LogP contribution is -2.11. The largest absolute Gasteiger partial charge is 0.496 e. The summed E-state index contributed by atoms with van der Waals surface area (Å²) >= 11 is 0. The maximum Gasteiger partial charge on any atom is 0.130 e. The van der Waals surface area contributed by atoms with Gasteiger partial charge in [-0.3, -0.25) is 0 Å². The van der Waals surface area contributed by atoms with Crippen molar-refractivity contribution in [3.8, 4) is 5.75 Å². The van der Waals surface area contributed by atoms with Gasteiger partial charge in [0.15, 0.2) is 0 Å². The third-order valence-corrected chi connectivity index (χ3v) is 5.02. The van der Waals surface area contributed by atoms with E-state index in [1.807, 2.05) is 42.5 Å². The average Bonchev–Trinajstić information content (AvgIpc) is 2.58. The summed E-state index contributed by atoms with van der Waals surface area (Å²) in [4.78, 5) is 0. The Kier molecular flexibility index (Phi) is 5.05. The predicted octanol–water partition coefficient (Wildman–Crippen LogP) is 4.05. The lowest BCUT2D eigenvalue weighted by atomic mass is 10.0. The maximum absolute atomic E-state index is 13.9. The van der Waals surface area contributed by atoms with Gasteiger partial charge in [-0.1, -0.05) is 75.3 Å². The van der Waals surface area contributed by atoms with E-state index in [1.54, 1.807) is 13.2 Å². The normalized spacial score (nSPS) is 11.0. The molecule has 116 valence electrons. The monoisotopic (exact) mass is 324 g/mol. The van der Waals surface area contributed by atoms with E-state index in [1.165, 1.54) is 11.6 Å². The zero-order valence-corrected chi connectivity index (χ0v) is 13.9. The highest BCUT2D eigenvalue weighted by Gasteiger charge is 2.12. The van der Waals surface area contributed by atoms with Gasteiger partial charge >= 0.3 is 0 Å². The molecule has 0 fully saturated rings. The summed E-state index contributed by atoms with van der Waals surface area (Å²) in [5.74, 6) is 0.694.